The van der Waals surface area contributed by atoms with E-state index in [1.807, 2.05) is 14.7 Å². The zero-order chi connectivity index (χ0) is 20.2. The number of hydrogen-bond acceptors (Lipinski definition) is 6. The molecule has 3 fully saturated rings. The first-order valence-electron chi connectivity index (χ1n) is 10.7. The van der Waals surface area contributed by atoms with Crippen LogP contribution >= 0.6 is 0 Å². The van der Waals surface area contributed by atoms with E-state index < -0.39 is 0 Å². The molecule has 3 aliphatic rings. The minimum absolute atomic E-state index is 0.0750. The van der Waals surface area contributed by atoms with E-state index in [9.17, 15) is 14.9 Å². The number of carbonyl (C=O) groups excluding carboxylic acids is 2. The second kappa shape index (κ2) is 8.76. The summed E-state index contributed by atoms with van der Waals surface area (Å²) in [5.74, 6) is 0.954. The molecule has 29 heavy (non-hydrogen) atoms. The summed E-state index contributed by atoms with van der Waals surface area (Å²) in [6, 6.07) is 1.78. The molecule has 1 aromatic rings. The van der Waals surface area contributed by atoms with Gasteiger partial charge in [-0.2, -0.15) is 5.26 Å². The number of nitrogens with zero attached hydrogens (tertiary/aromatic N) is 6. The molecule has 4 rings (SSSR count). The summed E-state index contributed by atoms with van der Waals surface area (Å²) >= 11 is 0. The largest absolute Gasteiger partial charge is 0.351 e. The molecule has 2 aliphatic heterocycles. The zero-order valence-corrected chi connectivity index (χ0v) is 16.8. The Morgan fingerprint density at radius 2 is 1.62 bits per heavy atom. The van der Waals surface area contributed by atoms with E-state index in [2.05, 4.69) is 16.0 Å². The highest BCUT2D eigenvalue weighted by Gasteiger charge is 2.39. The molecule has 0 radical (unpaired) electrons. The van der Waals surface area contributed by atoms with Gasteiger partial charge in [0.05, 0.1) is 0 Å². The lowest BCUT2D eigenvalue weighted by molar-refractivity contribution is -0.146. The Morgan fingerprint density at radius 3 is 2.34 bits per heavy atom. The number of likely N-dealkylation sites (tertiary alicyclic amines) is 1. The van der Waals surface area contributed by atoms with Crippen LogP contribution in [0.1, 0.15) is 50.6 Å². The number of aromatic nitrogens is 2. The molecule has 1 aromatic heterocycles. The summed E-state index contributed by atoms with van der Waals surface area (Å²) in [5, 5.41) is 9.24. The van der Waals surface area contributed by atoms with Crippen LogP contribution in [0.25, 0.3) is 0 Å². The highest BCUT2D eigenvalue weighted by molar-refractivity contribution is 5.89. The van der Waals surface area contributed by atoms with Crippen molar-refractivity contribution in [2.45, 2.75) is 51.0 Å². The molecule has 1 aliphatic carbocycles. The molecule has 0 bridgehead atoms. The third kappa shape index (κ3) is 4.04. The van der Waals surface area contributed by atoms with Gasteiger partial charge in [-0.3, -0.25) is 9.59 Å². The van der Waals surface area contributed by atoms with Crippen LogP contribution in [0.4, 0.5) is 5.82 Å². The lowest BCUT2D eigenvalue weighted by Gasteiger charge is -2.38. The average molecular weight is 396 g/mol. The van der Waals surface area contributed by atoms with E-state index in [-0.39, 0.29) is 23.8 Å². The van der Waals surface area contributed by atoms with Gasteiger partial charge in [-0.1, -0.05) is 19.3 Å². The van der Waals surface area contributed by atoms with Gasteiger partial charge in [-0.15, -0.1) is 0 Å². The molecule has 2 amide bonds. The Labute approximate surface area is 171 Å². The van der Waals surface area contributed by atoms with Crippen molar-refractivity contribution in [3.05, 3.63) is 18.1 Å². The SMILES string of the molecule is N#Cc1nccnc1N1CCN(C(=O)[C@@H]2CCCN2C(=O)C2CCCCC2)CC1. The Bertz CT molecular complexity index is 793. The van der Waals surface area contributed by atoms with Crippen molar-refractivity contribution in [2.24, 2.45) is 5.92 Å². The minimum Gasteiger partial charge on any atom is -0.351 e. The van der Waals surface area contributed by atoms with E-state index in [0.29, 0.717) is 44.2 Å². The van der Waals surface area contributed by atoms with E-state index in [0.717, 1.165) is 38.5 Å². The van der Waals surface area contributed by atoms with Crippen molar-refractivity contribution in [3.8, 4) is 6.07 Å². The van der Waals surface area contributed by atoms with Gasteiger partial charge >= 0.3 is 0 Å². The van der Waals surface area contributed by atoms with Crippen LogP contribution in [0.15, 0.2) is 12.4 Å². The first-order chi connectivity index (χ1) is 14.2. The number of anilines is 1. The van der Waals surface area contributed by atoms with E-state index >= 15 is 0 Å². The van der Waals surface area contributed by atoms with Crippen LogP contribution in [0.2, 0.25) is 0 Å². The van der Waals surface area contributed by atoms with Gasteiger partial charge < -0.3 is 14.7 Å². The fraction of sp³-hybridized carbons (Fsp3) is 0.667. The maximum absolute atomic E-state index is 13.2. The second-order valence-corrected chi connectivity index (χ2v) is 8.18. The summed E-state index contributed by atoms with van der Waals surface area (Å²) in [6.07, 6.45) is 10.2. The molecule has 2 saturated heterocycles. The van der Waals surface area contributed by atoms with Crippen molar-refractivity contribution in [2.75, 3.05) is 37.6 Å². The highest BCUT2D eigenvalue weighted by Crippen LogP contribution is 2.29. The lowest BCUT2D eigenvalue weighted by atomic mass is 9.88. The average Bonchev–Trinajstić information content (AvgIpc) is 3.28. The zero-order valence-electron chi connectivity index (χ0n) is 16.8. The van der Waals surface area contributed by atoms with Crippen LogP contribution in [0.3, 0.4) is 0 Å². The van der Waals surface area contributed by atoms with Crippen molar-refractivity contribution in [1.29, 1.82) is 5.26 Å². The summed E-state index contributed by atoms with van der Waals surface area (Å²) in [4.78, 5) is 40.3. The summed E-state index contributed by atoms with van der Waals surface area (Å²) < 4.78 is 0. The molecule has 8 heteroatoms. The van der Waals surface area contributed by atoms with Gasteiger partial charge in [-0.25, -0.2) is 9.97 Å². The van der Waals surface area contributed by atoms with Crippen LogP contribution in [0.5, 0.6) is 0 Å². The van der Waals surface area contributed by atoms with Gasteiger partial charge in [0, 0.05) is 51.0 Å². The van der Waals surface area contributed by atoms with Crippen molar-refractivity contribution >= 4 is 17.6 Å². The topological polar surface area (TPSA) is 93.4 Å². The molecule has 8 nitrogen and oxygen atoms in total. The summed E-state index contributed by atoms with van der Waals surface area (Å²) in [7, 11) is 0. The normalized spacial score (nSPS) is 23.1. The number of amides is 2. The Kier molecular flexibility index (Phi) is 5.93. The van der Waals surface area contributed by atoms with Crippen LogP contribution in [-0.4, -0.2) is 70.3 Å². The number of carbonyl (C=O) groups is 2. The number of rotatable bonds is 3. The molecule has 3 heterocycles. The molecule has 154 valence electrons. The van der Waals surface area contributed by atoms with Gasteiger partial charge in [0.1, 0.15) is 12.1 Å². The fourth-order valence-electron chi connectivity index (χ4n) is 4.86. The first kappa shape index (κ1) is 19.6. The molecule has 0 unspecified atom stereocenters. The van der Waals surface area contributed by atoms with Crippen LogP contribution in [-0.2, 0) is 9.59 Å². The molecular formula is C21H28N6O2. The summed E-state index contributed by atoms with van der Waals surface area (Å²) in [6.45, 7) is 3.08. The molecule has 0 aromatic carbocycles. The quantitative estimate of drug-likeness (QED) is 0.770. The molecule has 0 spiro atoms. The van der Waals surface area contributed by atoms with Gasteiger partial charge in [0.2, 0.25) is 11.8 Å². The first-order valence-corrected chi connectivity index (χ1v) is 10.7. The molecule has 0 N–H and O–H groups in total. The van der Waals surface area contributed by atoms with Crippen molar-refractivity contribution in [1.82, 2.24) is 19.8 Å². The molecule has 1 atom stereocenters. The van der Waals surface area contributed by atoms with E-state index in [1.165, 1.54) is 12.6 Å². The predicted octanol–water partition coefficient (Wildman–Crippen LogP) is 1.57. The Hall–Kier alpha value is -2.69. The van der Waals surface area contributed by atoms with Gasteiger partial charge in [0.25, 0.3) is 0 Å². The maximum atomic E-state index is 13.2. The fourth-order valence-corrected chi connectivity index (χ4v) is 4.86. The smallest absolute Gasteiger partial charge is 0.245 e. The van der Waals surface area contributed by atoms with Gasteiger partial charge in [0.15, 0.2) is 11.5 Å². The third-order valence-electron chi connectivity index (χ3n) is 6.45. The van der Waals surface area contributed by atoms with Crippen molar-refractivity contribution in [3.63, 3.8) is 0 Å². The van der Waals surface area contributed by atoms with Crippen molar-refractivity contribution < 1.29 is 9.59 Å². The third-order valence-corrected chi connectivity index (χ3v) is 6.45. The number of piperazine rings is 1. The summed E-state index contributed by atoms with van der Waals surface area (Å²) in [5.41, 5.74) is 0.312. The minimum atomic E-state index is -0.304. The van der Waals surface area contributed by atoms with Crippen LogP contribution in [0, 0.1) is 17.2 Å². The predicted molar refractivity (Wildman–Crippen MR) is 107 cm³/mol. The van der Waals surface area contributed by atoms with E-state index in [1.54, 1.807) is 6.20 Å². The number of nitriles is 1. The monoisotopic (exact) mass is 396 g/mol. The maximum Gasteiger partial charge on any atom is 0.245 e. The van der Waals surface area contributed by atoms with E-state index in [4.69, 9.17) is 0 Å². The second-order valence-electron chi connectivity index (χ2n) is 8.18. The van der Waals surface area contributed by atoms with Gasteiger partial charge in [-0.05, 0) is 25.7 Å². The molecular weight excluding hydrogens is 368 g/mol. The highest BCUT2D eigenvalue weighted by atomic mass is 16.2. The Morgan fingerprint density at radius 1 is 0.897 bits per heavy atom. The molecule has 1 saturated carbocycles. The standard InChI is InChI=1S/C21H28N6O2/c22-15-17-19(24-9-8-23-17)25-11-13-26(14-12-25)21(29)18-7-4-10-27(18)20(28)16-5-2-1-3-6-16/h8-9,16,18H,1-7,10-14H2/t18-/m0/s1. The number of hydrogen-bond donors (Lipinski definition) is 0. The van der Waals surface area contributed by atoms with Crippen LogP contribution < -0.4 is 4.90 Å². The lowest BCUT2D eigenvalue weighted by Crippen LogP contribution is -2.55. The Balaban J connectivity index is 1.37.